The van der Waals surface area contributed by atoms with E-state index in [-0.39, 0.29) is 25.4 Å². The van der Waals surface area contributed by atoms with E-state index < -0.39 is 18.0 Å². The van der Waals surface area contributed by atoms with Gasteiger partial charge in [0.15, 0.2) is 0 Å². The average Bonchev–Trinajstić information content (AvgIpc) is 2.23. The van der Waals surface area contributed by atoms with Crippen LogP contribution >= 0.6 is 0 Å². The van der Waals surface area contributed by atoms with E-state index in [1.54, 1.807) is 0 Å². The highest BCUT2D eigenvalue weighted by Gasteiger charge is 2.03. The number of hydrogen-bond donors (Lipinski definition) is 1. The average molecular weight is 244 g/mol. The zero-order chi connectivity index (χ0) is 13.3. The minimum Gasteiger partial charge on any atom is -0.462 e. The molecule has 0 saturated heterocycles. The first-order valence-electron chi connectivity index (χ1n) is 5.11. The number of hydrogen-bond acceptors (Lipinski definition) is 6. The maximum absolute atomic E-state index is 11.0. The summed E-state index contributed by atoms with van der Waals surface area (Å²) < 4.78 is 9.18. The molecule has 0 rings (SSSR count). The maximum atomic E-state index is 11.0. The highest BCUT2D eigenvalue weighted by Crippen LogP contribution is 1.90. The van der Waals surface area contributed by atoms with Crippen LogP contribution in [0.5, 0.6) is 0 Å². The molecule has 1 atom stereocenters. The van der Waals surface area contributed by atoms with Gasteiger partial charge in [-0.25, -0.2) is 9.59 Å². The van der Waals surface area contributed by atoms with E-state index in [0.717, 1.165) is 12.2 Å². The van der Waals surface area contributed by atoms with Crippen molar-refractivity contribution in [1.82, 2.24) is 0 Å². The summed E-state index contributed by atoms with van der Waals surface area (Å²) in [6.07, 6.45) is 1.20. The minimum absolute atomic E-state index is 0.0127. The van der Waals surface area contributed by atoms with Crippen LogP contribution in [0.25, 0.3) is 0 Å². The summed E-state index contributed by atoms with van der Waals surface area (Å²) in [5, 5.41) is 8.82. The molecule has 6 heteroatoms. The molecule has 0 saturated carbocycles. The standard InChI is InChI=1S/C11H16O6/c1-8(12)5-6-16-10(14)3-4-11(15)17-7-9(2)13/h3-4,9,13H,5-7H2,1-2H3/b4-3-. The molecule has 6 nitrogen and oxygen atoms in total. The lowest BCUT2D eigenvalue weighted by Gasteiger charge is -2.03. The highest BCUT2D eigenvalue weighted by molar-refractivity contribution is 5.91. The van der Waals surface area contributed by atoms with Crippen LogP contribution in [0.1, 0.15) is 20.3 Å². The summed E-state index contributed by atoms with van der Waals surface area (Å²) in [5.41, 5.74) is 0. The molecule has 0 aliphatic heterocycles. The molecular formula is C11H16O6. The number of ketones is 1. The predicted molar refractivity (Wildman–Crippen MR) is 58.0 cm³/mol. The molecule has 0 spiro atoms. The number of carbonyl (C=O) groups is 3. The van der Waals surface area contributed by atoms with Crippen molar-refractivity contribution in [2.75, 3.05) is 13.2 Å². The molecule has 1 N–H and O–H groups in total. The van der Waals surface area contributed by atoms with Gasteiger partial charge in [0.1, 0.15) is 12.4 Å². The molecule has 0 radical (unpaired) electrons. The van der Waals surface area contributed by atoms with Crippen molar-refractivity contribution in [2.24, 2.45) is 0 Å². The van der Waals surface area contributed by atoms with Gasteiger partial charge < -0.3 is 14.6 Å². The molecule has 0 aromatic carbocycles. The van der Waals surface area contributed by atoms with E-state index in [4.69, 9.17) is 5.11 Å². The fourth-order valence-electron chi connectivity index (χ4n) is 0.730. The Labute approximate surface area is 99.2 Å². The van der Waals surface area contributed by atoms with Crippen LogP contribution in [0.4, 0.5) is 0 Å². The van der Waals surface area contributed by atoms with Crippen LogP contribution in [0.2, 0.25) is 0 Å². The smallest absolute Gasteiger partial charge is 0.331 e. The van der Waals surface area contributed by atoms with Crippen molar-refractivity contribution in [3.8, 4) is 0 Å². The number of aliphatic hydroxyl groups is 1. The van der Waals surface area contributed by atoms with Gasteiger partial charge in [-0.05, 0) is 13.8 Å². The van der Waals surface area contributed by atoms with Gasteiger partial charge in [-0.2, -0.15) is 0 Å². The molecule has 0 bridgehead atoms. The van der Waals surface area contributed by atoms with Gasteiger partial charge in [0, 0.05) is 18.6 Å². The maximum Gasteiger partial charge on any atom is 0.331 e. The monoisotopic (exact) mass is 244 g/mol. The Kier molecular flexibility index (Phi) is 7.62. The number of Topliss-reactive ketones (excluding diaryl/α,β-unsaturated/α-hetero) is 1. The molecule has 0 amide bonds. The van der Waals surface area contributed by atoms with Crippen molar-refractivity contribution in [1.29, 1.82) is 0 Å². The molecule has 96 valence electrons. The summed E-state index contributed by atoms with van der Waals surface area (Å²) in [5.74, 6) is -1.55. The van der Waals surface area contributed by atoms with Crippen molar-refractivity contribution in [3.63, 3.8) is 0 Å². The number of rotatable bonds is 7. The number of ether oxygens (including phenoxy) is 2. The first kappa shape index (κ1) is 15.3. The predicted octanol–water partition coefficient (Wildman–Crippen LogP) is -0.0111. The first-order valence-corrected chi connectivity index (χ1v) is 5.11. The van der Waals surface area contributed by atoms with E-state index in [1.165, 1.54) is 13.8 Å². The van der Waals surface area contributed by atoms with E-state index in [0.29, 0.717) is 0 Å². The van der Waals surface area contributed by atoms with Gasteiger partial charge in [0.05, 0.1) is 12.7 Å². The SMILES string of the molecule is CC(=O)CCOC(=O)/C=C\C(=O)OCC(C)O. The lowest BCUT2D eigenvalue weighted by Crippen LogP contribution is -2.14. The summed E-state index contributed by atoms with van der Waals surface area (Å²) >= 11 is 0. The lowest BCUT2D eigenvalue weighted by molar-refractivity contribution is -0.142. The van der Waals surface area contributed by atoms with Gasteiger partial charge in [0.2, 0.25) is 0 Å². The Morgan fingerprint density at radius 3 is 2.18 bits per heavy atom. The van der Waals surface area contributed by atoms with Crippen LogP contribution in [0.3, 0.4) is 0 Å². The molecule has 0 aliphatic rings. The van der Waals surface area contributed by atoms with Crippen molar-refractivity contribution in [3.05, 3.63) is 12.2 Å². The quantitative estimate of drug-likeness (QED) is 0.500. The second-order valence-electron chi connectivity index (χ2n) is 3.43. The van der Waals surface area contributed by atoms with Crippen LogP contribution in [0.15, 0.2) is 12.2 Å². The normalized spacial score (nSPS) is 12.2. The zero-order valence-electron chi connectivity index (χ0n) is 9.84. The lowest BCUT2D eigenvalue weighted by atomic mass is 10.3. The zero-order valence-corrected chi connectivity index (χ0v) is 9.84. The number of aliphatic hydroxyl groups excluding tert-OH is 1. The summed E-state index contributed by atoms with van der Waals surface area (Å²) in [4.78, 5) is 32.5. The van der Waals surface area contributed by atoms with Crippen molar-refractivity contribution < 1.29 is 29.0 Å². The Balaban J connectivity index is 3.78. The Hall–Kier alpha value is -1.69. The summed E-state index contributed by atoms with van der Waals surface area (Å²) in [6.45, 7) is 2.70. The molecule has 17 heavy (non-hydrogen) atoms. The molecular weight excluding hydrogens is 228 g/mol. The fraction of sp³-hybridized carbons (Fsp3) is 0.545. The minimum atomic E-state index is -0.755. The van der Waals surface area contributed by atoms with Crippen LogP contribution in [0, 0.1) is 0 Å². The van der Waals surface area contributed by atoms with Crippen LogP contribution < -0.4 is 0 Å². The van der Waals surface area contributed by atoms with E-state index >= 15 is 0 Å². The molecule has 0 heterocycles. The third kappa shape index (κ3) is 10.6. The molecule has 0 aromatic rings. The topological polar surface area (TPSA) is 89.9 Å². The van der Waals surface area contributed by atoms with Crippen LogP contribution in [-0.2, 0) is 23.9 Å². The fourth-order valence-corrected chi connectivity index (χ4v) is 0.730. The third-order valence-corrected chi connectivity index (χ3v) is 1.52. The number of carbonyl (C=O) groups excluding carboxylic acids is 3. The highest BCUT2D eigenvalue weighted by atomic mass is 16.5. The van der Waals surface area contributed by atoms with Gasteiger partial charge in [0.25, 0.3) is 0 Å². The van der Waals surface area contributed by atoms with Gasteiger partial charge in [-0.3, -0.25) is 4.79 Å². The van der Waals surface area contributed by atoms with Crippen molar-refractivity contribution >= 4 is 17.7 Å². The summed E-state index contributed by atoms with van der Waals surface area (Å²) in [6, 6.07) is 0. The molecule has 0 aromatic heterocycles. The van der Waals surface area contributed by atoms with E-state index in [1.807, 2.05) is 0 Å². The Morgan fingerprint density at radius 2 is 1.71 bits per heavy atom. The summed E-state index contributed by atoms with van der Waals surface area (Å²) in [7, 11) is 0. The van der Waals surface area contributed by atoms with Crippen molar-refractivity contribution in [2.45, 2.75) is 26.4 Å². The molecule has 1 unspecified atom stereocenters. The number of esters is 2. The van der Waals surface area contributed by atoms with E-state index in [9.17, 15) is 14.4 Å². The first-order chi connectivity index (χ1) is 7.91. The third-order valence-electron chi connectivity index (χ3n) is 1.52. The molecule has 0 fully saturated rings. The van der Waals surface area contributed by atoms with Gasteiger partial charge >= 0.3 is 11.9 Å². The second-order valence-corrected chi connectivity index (χ2v) is 3.43. The second kappa shape index (κ2) is 8.46. The molecule has 0 aliphatic carbocycles. The Morgan fingerprint density at radius 1 is 1.18 bits per heavy atom. The van der Waals surface area contributed by atoms with E-state index in [2.05, 4.69) is 9.47 Å². The van der Waals surface area contributed by atoms with Gasteiger partial charge in [-0.15, -0.1) is 0 Å². The van der Waals surface area contributed by atoms with Gasteiger partial charge in [-0.1, -0.05) is 0 Å². The largest absolute Gasteiger partial charge is 0.462 e. The van der Waals surface area contributed by atoms with Crippen LogP contribution in [-0.4, -0.2) is 42.1 Å². The Bertz CT molecular complexity index is 305.